The van der Waals surface area contributed by atoms with E-state index in [2.05, 4.69) is 10.3 Å². The van der Waals surface area contributed by atoms with E-state index >= 15 is 0 Å². The Balaban J connectivity index is 1.49. The molecule has 1 N–H and O–H groups in total. The van der Waals surface area contributed by atoms with Gasteiger partial charge < -0.3 is 10.1 Å². The van der Waals surface area contributed by atoms with Crippen LogP contribution in [0.2, 0.25) is 0 Å². The number of hydrogen-bond donors (Lipinski definition) is 1. The van der Waals surface area contributed by atoms with Gasteiger partial charge in [0.1, 0.15) is 11.4 Å². The van der Waals surface area contributed by atoms with E-state index in [1.54, 1.807) is 18.5 Å². The van der Waals surface area contributed by atoms with E-state index in [4.69, 9.17) is 4.74 Å². The van der Waals surface area contributed by atoms with E-state index in [0.717, 1.165) is 12.2 Å². The quantitative estimate of drug-likeness (QED) is 0.927. The van der Waals surface area contributed by atoms with Crippen molar-refractivity contribution in [1.82, 2.24) is 4.98 Å². The number of nitrogens with zero attached hydrogens (tertiary/aromatic N) is 1. The number of benzene rings is 1. The summed E-state index contributed by atoms with van der Waals surface area (Å²) < 4.78 is 5.85. The predicted octanol–water partition coefficient (Wildman–Crippen LogP) is 4.00. The van der Waals surface area contributed by atoms with Crippen molar-refractivity contribution in [2.45, 2.75) is 25.7 Å². The van der Waals surface area contributed by atoms with Crippen molar-refractivity contribution in [3.8, 4) is 11.5 Å². The van der Waals surface area contributed by atoms with Crippen LogP contribution in [0.4, 0.5) is 5.69 Å². The lowest BCUT2D eigenvalue weighted by molar-refractivity contribution is -0.118. The maximum Gasteiger partial charge on any atom is 0.228 e. The number of rotatable bonds is 4. The molecule has 2 aliphatic carbocycles. The van der Waals surface area contributed by atoms with Gasteiger partial charge in [-0.25, -0.2) is 0 Å². The highest BCUT2D eigenvalue weighted by Crippen LogP contribution is 2.65. The number of amides is 1. The van der Waals surface area contributed by atoms with Crippen molar-refractivity contribution in [3.63, 3.8) is 0 Å². The Kier molecular flexibility index (Phi) is 3.10. The molecule has 1 unspecified atom stereocenters. The predicted molar refractivity (Wildman–Crippen MR) is 83.8 cm³/mol. The molecule has 4 nitrogen and oxygen atoms in total. The first kappa shape index (κ1) is 13.3. The lowest BCUT2D eigenvalue weighted by Gasteiger charge is -2.26. The Labute approximate surface area is 129 Å². The van der Waals surface area contributed by atoms with Crippen LogP contribution in [-0.4, -0.2) is 10.9 Å². The highest BCUT2D eigenvalue weighted by Gasteiger charge is 2.60. The summed E-state index contributed by atoms with van der Waals surface area (Å²) in [6, 6.07) is 11.3. The molecule has 1 amide bonds. The second kappa shape index (κ2) is 5.13. The van der Waals surface area contributed by atoms with E-state index < -0.39 is 0 Å². The highest BCUT2D eigenvalue weighted by atomic mass is 16.5. The summed E-state index contributed by atoms with van der Waals surface area (Å²) in [4.78, 5) is 16.5. The minimum Gasteiger partial charge on any atom is -0.455 e. The summed E-state index contributed by atoms with van der Waals surface area (Å²) in [7, 11) is 0. The van der Waals surface area contributed by atoms with E-state index in [-0.39, 0.29) is 11.8 Å². The molecule has 0 saturated heterocycles. The van der Waals surface area contributed by atoms with Crippen LogP contribution in [0.5, 0.6) is 11.5 Å². The Morgan fingerprint density at radius 2 is 2.05 bits per heavy atom. The lowest BCUT2D eigenvalue weighted by Crippen LogP contribution is -2.23. The molecule has 0 bridgehead atoms. The fourth-order valence-corrected chi connectivity index (χ4v) is 3.30. The molecule has 1 aromatic carbocycles. The average Bonchev–Trinajstić information content (AvgIpc) is 3.27. The standard InChI is InChI=1S/C18H18N2O2/c21-17(14-11-18(14)8-4-9-18)20-15-12-19-10-7-16(15)22-13-5-2-1-3-6-13/h1-3,5-7,10,12,14H,4,8-9,11H2,(H,20,21). The van der Waals surface area contributed by atoms with Crippen LogP contribution in [0.1, 0.15) is 25.7 Å². The van der Waals surface area contributed by atoms with Crippen LogP contribution in [0, 0.1) is 11.3 Å². The molecule has 1 heterocycles. The summed E-state index contributed by atoms with van der Waals surface area (Å²) in [5.41, 5.74) is 0.963. The van der Waals surface area contributed by atoms with Gasteiger partial charge in [-0.15, -0.1) is 0 Å². The minimum absolute atomic E-state index is 0.102. The number of carbonyl (C=O) groups is 1. The monoisotopic (exact) mass is 294 g/mol. The molecule has 1 aromatic heterocycles. The number of hydrogen-bond acceptors (Lipinski definition) is 3. The Bertz CT molecular complexity index is 695. The summed E-state index contributed by atoms with van der Waals surface area (Å²) >= 11 is 0. The SMILES string of the molecule is O=C(Nc1cnccc1Oc1ccccc1)C1CC12CCC2. The minimum atomic E-state index is 0.102. The molecular formula is C18H18N2O2. The molecule has 2 fully saturated rings. The number of pyridine rings is 1. The second-order valence-corrected chi connectivity index (χ2v) is 6.25. The van der Waals surface area contributed by atoms with Gasteiger partial charge in [0.05, 0.1) is 6.20 Å². The third kappa shape index (κ3) is 2.34. The zero-order valence-corrected chi connectivity index (χ0v) is 12.3. The van der Waals surface area contributed by atoms with E-state index in [1.807, 2.05) is 30.3 Å². The summed E-state index contributed by atoms with van der Waals surface area (Å²) in [5.74, 6) is 1.64. The largest absolute Gasteiger partial charge is 0.455 e. The molecule has 1 atom stereocenters. The average molecular weight is 294 g/mol. The van der Waals surface area contributed by atoms with Gasteiger partial charge in [-0.2, -0.15) is 0 Å². The highest BCUT2D eigenvalue weighted by molar-refractivity contribution is 5.96. The molecule has 0 radical (unpaired) electrons. The lowest BCUT2D eigenvalue weighted by atomic mass is 9.80. The second-order valence-electron chi connectivity index (χ2n) is 6.25. The van der Waals surface area contributed by atoms with Crippen molar-refractivity contribution in [2.75, 3.05) is 5.32 Å². The van der Waals surface area contributed by atoms with Crippen LogP contribution < -0.4 is 10.1 Å². The van der Waals surface area contributed by atoms with Gasteiger partial charge in [0.15, 0.2) is 5.75 Å². The van der Waals surface area contributed by atoms with E-state index in [9.17, 15) is 4.79 Å². The number of nitrogens with one attached hydrogen (secondary N) is 1. The number of anilines is 1. The number of aromatic nitrogens is 1. The van der Waals surface area contributed by atoms with Crippen LogP contribution in [0.15, 0.2) is 48.8 Å². The van der Waals surface area contributed by atoms with Crippen LogP contribution in [-0.2, 0) is 4.79 Å². The third-order valence-electron chi connectivity index (χ3n) is 4.87. The molecule has 4 heteroatoms. The number of ether oxygens (including phenoxy) is 1. The molecule has 2 aromatic rings. The van der Waals surface area contributed by atoms with Crippen molar-refractivity contribution < 1.29 is 9.53 Å². The third-order valence-corrected chi connectivity index (χ3v) is 4.87. The molecular weight excluding hydrogens is 276 g/mol. The summed E-state index contributed by atoms with van der Waals surface area (Å²) in [5, 5.41) is 2.99. The van der Waals surface area contributed by atoms with Crippen LogP contribution in [0.25, 0.3) is 0 Å². The number of carbonyl (C=O) groups excluding carboxylic acids is 1. The molecule has 22 heavy (non-hydrogen) atoms. The molecule has 2 aliphatic rings. The van der Waals surface area contributed by atoms with Gasteiger partial charge in [0.2, 0.25) is 5.91 Å². The first-order chi connectivity index (χ1) is 10.8. The Morgan fingerprint density at radius 3 is 2.73 bits per heavy atom. The van der Waals surface area contributed by atoms with Gasteiger partial charge >= 0.3 is 0 Å². The normalized spacial score (nSPS) is 21.0. The van der Waals surface area contributed by atoms with Crippen LogP contribution in [0.3, 0.4) is 0 Å². The topological polar surface area (TPSA) is 51.2 Å². The van der Waals surface area contributed by atoms with Crippen molar-refractivity contribution in [3.05, 3.63) is 48.8 Å². The Hall–Kier alpha value is -2.36. The summed E-state index contributed by atoms with van der Waals surface area (Å²) in [6.07, 6.45) is 8.01. The fourth-order valence-electron chi connectivity index (χ4n) is 3.30. The van der Waals surface area contributed by atoms with E-state index in [1.165, 1.54) is 19.3 Å². The smallest absolute Gasteiger partial charge is 0.228 e. The molecule has 112 valence electrons. The van der Waals surface area contributed by atoms with Crippen molar-refractivity contribution in [2.24, 2.45) is 11.3 Å². The molecule has 4 rings (SSSR count). The molecule has 0 aliphatic heterocycles. The van der Waals surface area contributed by atoms with Gasteiger partial charge in [-0.3, -0.25) is 9.78 Å². The maximum atomic E-state index is 12.4. The van der Waals surface area contributed by atoms with Gasteiger partial charge in [0, 0.05) is 18.2 Å². The zero-order chi connectivity index (χ0) is 15.0. The van der Waals surface area contributed by atoms with Crippen molar-refractivity contribution >= 4 is 11.6 Å². The molecule has 2 saturated carbocycles. The maximum absolute atomic E-state index is 12.4. The fraction of sp³-hybridized carbons (Fsp3) is 0.333. The van der Waals surface area contributed by atoms with Crippen LogP contribution >= 0.6 is 0 Å². The zero-order valence-electron chi connectivity index (χ0n) is 12.3. The van der Waals surface area contributed by atoms with Gasteiger partial charge in [0.25, 0.3) is 0 Å². The van der Waals surface area contributed by atoms with Gasteiger partial charge in [-0.1, -0.05) is 24.6 Å². The molecule has 1 spiro atoms. The first-order valence-electron chi connectivity index (χ1n) is 7.75. The van der Waals surface area contributed by atoms with E-state index in [0.29, 0.717) is 16.9 Å². The summed E-state index contributed by atoms with van der Waals surface area (Å²) in [6.45, 7) is 0. The van der Waals surface area contributed by atoms with Gasteiger partial charge in [-0.05, 0) is 36.8 Å². The number of para-hydroxylation sites is 1. The first-order valence-corrected chi connectivity index (χ1v) is 7.75. The Morgan fingerprint density at radius 1 is 1.23 bits per heavy atom. The van der Waals surface area contributed by atoms with Crippen molar-refractivity contribution in [1.29, 1.82) is 0 Å².